The van der Waals surface area contributed by atoms with Crippen molar-refractivity contribution < 1.29 is 23.9 Å². The summed E-state index contributed by atoms with van der Waals surface area (Å²) in [5.74, 6) is 3.68. The Bertz CT molecular complexity index is 420. The third-order valence-electron chi connectivity index (χ3n) is 2.54. The summed E-state index contributed by atoms with van der Waals surface area (Å²) in [5, 5.41) is 0. The van der Waals surface area contributed by atoms with Gasteiger partial charge in [-0.1, -0.05) is 6.08 Å². The lowest BCUT2D eigenvalue weighted by Gasteiger charge is -2.24. The first kappa shape index (κ1) is 16.9. The maximum atomic E-state index is 11.9. The van der Waals surface area contributed by atoms with Crippen molar-refractivity contribution in [3.63, 3.8) is 0 Å². The van der Waals surface area contributed by atoms with Crippen molar-refractivity contribution in [3.05, 3.63) is 12.2 Å². The molecule has 0 aliphatic carbocycles. The van der Waals surface area contributed by atoms with Gasteiger partial charge in [-0.05, 0) is 26.3 Å². The summed E-state index contributed by atoms with van der Waals surface area (Å²) >= 11 is 0. The van der Waals surface area contributed by atoms with Gasteiger partial charge in [0.25, 0.3) is 0 Å². The summed E-state index contributed by atoms with van der Waals surface area (Å²) in [6.45, 7) is 2.98. The van der Waals surface area contributed by atoms with Crippen molar-refractivity contribution in [2.24, 2.45) is 5.41 Å². The number of allylic oxidation sites excluding steroid dienone is 2. The number of ketones is 1. The molecule has 0 bridgehead atoms. The highest BCUT2D eigenvalue weighted by Crippen LogP contribution is 2.30. The molecule has 0 unspecified atom stereocenters. The van der Waals surface area contributed by atoms with E-state index in [1.54, 1.807) is 6.92 Å². The zero-order valence-corrected chi connectivity index (χ0v) is 11.6. The minimum atomic E-state index is -1.53. The first-order valence-corrected chi connectivity index (χ1v) is 5.68. The molecule has 0 saturated heterocycles. The van der Waals surface area contributed by atoms with Crippen LogP contribution in [0.25, 0.3) is 0 Å². The van der Waals surface area contributed by atoms with Gasteiger partial charge in [0.2, 0.25) is 0 Å². The van der Waals surface area contributed by atoms with Crippen LogP contribution in [-0.2, 0) is 23.9 Å². The SMILES string of the molecule is CC#CCC(C/C=C/C(C)=O)(C(=O)OC)C(=O)OC. The van der Waals surface area contributed by atoms with Crippen LogP contribution in [0.1, 0.15) is 26.7 Å². The Morgan fingerprint density at radius 3 is 2.05 bits per heavy atom. The summed E-state index contributed by atoms with van der Waals surface area (Å²) in [7, 11) is 2.38. The Hall–Kier alpha value is -2.09. The lowest BCUT2D eigenvalue weighted by Crippen LogP contribution is -2.40. The molecule has 5 nitrogen and oxygen atoms in total. The van der Waals surface area contributed by atoms with Crippen LogP contribution in [0.3, 0.4) is 0 Å². The Balaban J connectivity index is 5.45. The normalized spacial score (nSPS) is 10.5. The summed E-state index contributed by atoms with van der Waals surface area (Å²) < 4.78 is 9.33. The van der Waals surface area contributed by atoms with Crippen molar-refractivity contribution in [2.75, 3.05) is 14.2 Å². The Morgan fingerprint density at radius 2 is 1.68 bits per heavy atom. The molecule has 0 heterocycles. The van der Waals surface area contributed by atoms with Gasteiger partial charge in [0.05, 0.1) is 14.2 Å². The number of rotatable bonds is 6. The van der Waals surface area contributed by atoms with Crippen LogP contribution < -0.4 is 0 Å². The number of ether oxygens (including phenoxy) is 2. The number of hydrogen-bond acceptors (Lipinski definition) is 5. The summed E-state index contributed by atoms with van der Waals surface area (Å²) in [6.07, 6.45) is 2.72. The standard InChI is InChI=1S/C14H18O5/c1-5-6-9-14(12(16)18-3,13(17)19-4)10-7-8-11(2)15/h7-8H,9-10H2,1-4H3/b8-7+. The number of methoxy groups -OCH3 is 2. The molecular formula is C14H18O5. The van der Waals surface area contributed by atoms with Crippen LogP contribution in [0.15, 0.2) is 12.2 Å². The van der Waals surface area contributed by atoms with Gasteiger partial charge in [-0.2, -0.15) is 0 Å². The molecule has 0 aliphatic heterocycles. The fraction of sp³-hybridized carbons (Fsp3) is 0.500. The maximum Gasteiger partial charge on any atom is 0.324 e. The fourth-order valence-corrected chi connectivity index (χ4v) is 1.52. The average molecular weight is 266 g/mol. The third-order valence-corrected chi connectivity index (χ3v) is 2.54. The second-order valence-corrected chi connectivity index (χ2v) is 3.89. The van der Waals surface area contributed by atoms with Crippen molar-refractivity contribution in [3.8, 4) is 11.8 Å². The van der Waals surface area contributed by atoms with E-state index in [2.05, 4.69) is 21.3 Å². The maximum absolute atomic E-state index is 11.9. The number of carbonyl (C=O) groups is 3. The number of hydrogen-bond donors (Lipinski definition) is 0. The van der Waals surface area contributed by atoms with Crippen LogP contribution in [0, 0.1) is 17.3 Å². The van der Waals surface area contributed by atoms with E-state index in [1.165, 1.54) is 33.3 Å². The summed E-state index contributed by atoms with van der Waals surface area (Å²) in [4.78, 5) is 34.7. The number of carbonyl (C=O) groups excluding carboxylic acids is 3. The first-order chi connectivity index (χ1) is 8.94. The summed E-state index contributed by atoms with van der Waals surface area (Å²) in [6, 6.07) is 0. The topological polar surface area (TPSA) is 69.7 Å². The van der Waals surface area contributed by atoms with Gasteiger partial charge < -0.3 is 9.47 Å². The Morgan fingerprint density at radius 1 is 1.16 bits per heavy atom. The molecule has 0 aromatic carbocycles. The van der Waals surface area contributed by atoms with E-state index in [0.29, 0.717) is 0 Å². The predicted molar refractivity (Wildman–Crippen MR) is 69.0 cm³/mol. The van der Waals surface area contributed by atoms with Crippen molar-refractivity contribution >= 4 is 17.7 Å². The highest BCUT2D eigenvalue weighted by atomic mass is 16.5. The van der Waals surface area contributed by atoms with Crippen molar-refractivity contribution in [1.29, 1.82) is 0 Å². The van der Waals surface area contributed by atoms with Gasteiger partial charge in [0.1, 0.15) is 0 Å². The molecule has 0 saturated carbocycles. The van der Waals surface area contributed by atoms with Gasteiger partial charge in [-0.25, -0.2) is 0 Å². The van der Waals surface area contributed by atoms with E-state index < -0.39 is 17.4 Å². The lowest BCUT2D eigenvalue weighted by molar-refractivity contribution is -0.168. The molecule has 5 heteroatoms. The van der Waals surface area contributed by atoms with Gasteiger partial charge in [-0.3, -0.25) is 14.4 Å². The molecule has 104 valence electrons. The highest BCUT2D eigenvalue weighted by molar-refractivity contribution is 6.00. The zero-order chi connectivity index (χ0) is 14.9. The van der Waals surface area contributed by atoms with Gasteiger partial charge >= 0.3 is 11.9 Å². The lowest BCUT2D eigenvalue weighted by atomic mass is 9.81. The first-order valence-electron chi connectivity index (χ1n) is 5.68. The Kier molecular flexibility index (Phi) is 7.20. The molecule has 0 amide bonds. The molecule has 0 rings (SSSR count). The van der Waals surface area contributed by atoms with Crippen molar-refractivity contribution in [1.82, 2.24) is 0 Å². The second-order valence-electron chi connectivity index (χ2n) is 3.89. The quantitative estimate of drug-likeness (QED) is 0.313. The second kappa shape index (κ2) is 8.09. The van der Waals surface area contributed by atoms with E-state index in [9.17, 15) is 14.4 Å². The van der Waals surface area contributed by atoms with Crippen LogP contribution in [-0.4, -0.2) is 31.9 Å². The minimum Gasteiger partial charge on any atom is -0.468 e. The highest BCUT2D eigenvalue weighted by Gasteiger charge is 2.47. The molecule has 19 heavy (non-hydrogen) atoms. The number of esters is 2. The molecule has 0 atom stereocenters. The monoisotopic (exact) mass is 266 g/mol. The summed E-state index contributed by atoms with van der Waals surface area (Å²) in [5.41, 5.74) is -1.53. The fourth-order valence-electron chi connectivity index (χ4n) is 1.52. The van der Waals surface area contributed by atoms with E-state index in [4.69, 9.17) is 0 Å². The molecule has 0 spiro atoms. The molecular weight excluding hydrogens is 248 g/mol. The Labute approximate surface area is 113 Å². The molecule has 0 aromatic rings. The predicted octanol–water partition coefficient (Wildman–Crippen LogP) is 1.27. The van der Waals surface area contributed by atoms with Crippen LogP contribution in [0.4, 0.5) is 0 Å². The van der Waals surface area contributed by atoms with E-state index in [0.717, 1.165) is 0 Å². The average Bonchev–Trinajstić information content (AvgIpc) is 2.40. The van der Waals surface area contributed by atoms with Crippen LogP contribution in [0.2, 0.25) is 0 Å². The van der Waals surface area contributed by atoms with E-state index in [-0.39, 0.29) is 18.6 Å². The molecule has 0 radical (unpaired) electrons. The van der Waals surface area contributed by atoms with Crippen LogP contribution >= 0.6 is 0 Å². The zero-order valence-electron chi connectivity index (χ0n) is 11.6. The largest absolute Gasteiger partial charge is 0.468 e. The van der Waals surface area contributed by atoms with Gasteiger partial charge in [0.15, 0.2) is 11.2 Å². The smallest absolute Gasteiger partial charge is 0.324 e. The molecule has 0 aliphatic rings. The molecule has 0 N–H and O–H groups in total. The van der Waals surface area contributed by atoms with Crippen molar-refractivity contribution in [2.45, 2.75) is 26.7 Å². The molecule has 0 aromatic heterocycles. The van der Waals surface area contributed by atoms with Gasteiger partial charge in [0, 0.05) is 6.42 Å². The van der Waals surface area contributed by atoms with E-state index >= 15 is 0 Å². The third kappa shape index (κ3) is 4.59. The minimum absolute atomic E-state index is 0.000602. The van der Waals surface area contributed by atoms with Crippen LogP contribution in [0.5, 0.6) is 0 Å². The van der Waals surface area contributed by atoms with Gasteiger partial charge in [-0.15, -0.1) is 11.8 Å². The molecule has 0 fully saturated rings. The van der Waals surface area contributed by atoms with E-state index in [1.807, 2.05) is 0 Å².